The molecule has 22 heavy (non-hydrogen) atoms. The van der Waals surface area contributed by atoms with Crippen molar-refractivity contribution in [2.75, 3.05) is 7.11 Å². The lowest BCUT2D eigenvalue weighted by Crippen LogP contribution is -2.23. The highest BCUT2D eigenvalue weighted by atomic mass is 16.5. The second-order valence-electron chi connectivity index (χ2n) is 5.02. The molecule has 1 aromatic heterocycles. The molecule has 0 aliphatic carbocycles. The number of ether oxygens (including phenoxy) is 2. The summed E-state index contributed by atoms with van der Waals surface area (Å²) in [6.45, 7) is 1.75. The van der Waals surface area contributed by atoms with Crippen molar-refractivity contribution in [3.05, 3.63) is 60.3 Å². The SMILES string of the molecule is COc1ccccc1O[C@@H](C)C(=O)c1c[nH]c2ccccc12. The van der Waals surface area contributed by atoms with E-state index in [1.807, 2.05) is 36.4 Å². The number of fused-ring (bicyclic) bond motifs is 1. The van der Waals surface area contributed by atoms with Crippen molar-refractivity contribution >= 4 is 16.7 Å². The molecule has 4 nitrogen and oxygen atoms in total. The van der Waals surface area contributed by atoms with Gasteiger partial charge in [0.05, 0.1) is 7.11 Å². The van der Waals surface area contributed by atoms with Crippen LogP contribution in [0.5, 0.6) is 11.5 Å². The highest BCUT2D eigenvalue weighted by molar-refractivity contribution is 6.09. The highest BCUT2D eigenvalue weighted by Gasteiger charge is 2.21. The molecule has 0 amide bonds. The number of rotatable bonds is 5. The first kappa shape index (κ1) is 14.2. The zero-order chi connectivity index (χ0) is 15.5. The van der Waals surface area contributed by atoms with E-state index in [0.717, 1.165) is 10.9 Å². The zero-order valence-corrected chi connectivity index (χ0v) is 12.5. The Kier molecular flexibility index (Phi) is 3.83. The molecular weight excluding hydrogens is 278 g/mol. The van der Waals surface area contributed by atoms with Gasteiger partial charge >= 0.3 is 0 Å². The topological polar surface area (TPSA) is 51.3 Å². The van der Waals surface area contributed by atoms with E-state index in [9.17, 15) is 4.79 Å². The summed E-state index contributed by atoms with van der Waals surface area (Å²) in [7, 11) is 1.58. The minimum atomic E-state index is -0.601. The van der Waals surface area contributed by atoms with E-state index in [1.54, 1.807) is 32.4 Å². The molecule has 0 unspecified atom stereocenters. The second-order valence-corrected chi connectivity index (χ2v) is 5.02. The number of methoxy groups -OCH3 is 1. The molecule has 0 fully saturated rings. The van der Waals surface area contributed by atoms with Crippen LogP contribution in [-0.2, 0) is 0 Å². The summed E-state index contributed by atoms with van der Waals surface area (Å²) in [6, 6.07) is 15.0. The van der Waals surface area contributed by atoms with E-state index >= 15 is 0 Å². The molecule has 3 rings (SSSR count). The van der Waals surface area contributed by atoms with Crippen LogP contribution in [0, 0.1) is 0 Å². The number of hydrogen-bond donors (Lipinski definition) is 1. The van der Waals surface area contributed by atoms with Gasteiger partial charge in [-0.1, -0.05) is 30.3 Å². The molecule has 1 atom stereocenters. The molecule has 112 valence electrons. The fourth-order valence-electron chi connectivity index (χ4n) is 2.45. The van der Waals surface area contributed by atoms with Gasteiger partial charge in [0.15, 0.2) is 17.6 Å². The van der Waals surface area contributed by atoms with Gasteiger partial charge in [-0.05, 0) is 25.1 Å². The molecule has 0 saturated heterocycles. The van der Waals surface area contributed by atoms with Crippen molar-refractivity contribution < 1.29 is 14.3 Å². The first-order valence-corrected chi connectivity index (χ1v) is 7.10. The van der Waals surface area contributed by atoms with Crippen molar-refractivity contribution in [2.45, 2.75) is 13.0 Å². The number of aromatic nitrogens is 1. The third-order valence-electron chi connectivity index (χ3n) is 3.60. The Labute approximate surface area is 128 Å². The van der Waals surface area contributed by atoms with E-state index in [1.165, 1.54) is 0 Å². The summed E-state index contributed by atoms with van der Waals surface area (Å²) < 4.78 is 11.0. The number of carbonyl (C=O) groups excluding carboxylic acids is 1. The molecule has 0 spiro atoms. The van der Waals surface area contributed by atoms with E-state index in [2.05, 4.69) is 4.98 Å². The zero-order valence-electron chi connectivity index (χ0n) is 12.5. The number of ketones is 1. The number of hydrogen-bond acceptors (Lipinski definition) is 3. The van der Waals surface area contributed by atoms with Crippen molar-refractivity contribution in [1.29, 1.82) is 0 Å². The van der Waals surface area contributed by atoms with Crippen LogP contribution in [0.3, 0.4) is 0 Å². The molecule has 0 saturated carbocycles. The monoisotopic (exact) mass is 295 g/mol. The average molecular weight is 295 g/mol. The molecule has 2 aromatic carbocycles. The molecule has 0 aliphatic rings. The lowest BCUT2D eigenvalue weighted by Gasteiger charge is -2.15. The van der Waals surface area contributed by atoms with Gasteiger partial charge in [0.1, 0.15) is 0 Å². The predicted octanol–water partition coefficient (Wildman–Crippen LogP) is 3.83. The van der Waals surface area contributed by atoms with Crippen LogP contribution < -0.4 is 9.47 Å². The molecule has 1 N–H and O–H groups in total. The molecule has 4 heteroatoms. The summed E-state index contributed by atoms with van der Waals surface area (Å²) in [4.78, 5) is 15.7. The fourth-order valence-corrected chi connectivity index (χ4v) is 2.45. The van der Waals surface area contributed by atoms with Crippen LogP contribution in [0.1, 0.15) is 17.3 Å². The summed E-state index contributed by atoms with van der Waals surface area (Å²) in [5.41, 5.74) is 1.58. The van der Waals surface area contributed by atoms with Gasteiger partial charge in [0, 0.05) is 22.7 Å². The minimum Gasteiger partial charge on any atom is -0.493 e. The average Bonchev–Trinajstić information content (AvgIpc) is 2.98. The van der Waals surface area contributed by atoms with Gasteiger partial charge in [-0.15, -0.1) is 0 Å². The number of para-hydroxylation sites is 3. The van der Waals surface area contributed by atoms with Crippen LogP contribution in [0.25, 0.3) is 10.9 Å². The molecule has 0 aliphatic heterocycles. The molecule has 3 aromatic rings. The van der Waals surface area contributed by atoms with Gasteiger partial charge in [-0.3, -0.25) is 4.79 Å². The predicted molar refractivity (Wildman–Crippen MR) is 85.7 cm³/mol. The maximum atomic E-state index is 12.6. The Bertz CT molecular complexity index is 807. The largest absolute Gasteiger partial charge is 0.493 e. The maximum Gasteiger partial charge on any atom is 0.205 e. The number of aromatic amines is 1. The summed E-state index contributed by atoms with van der Waals surface area (Å²) in [5.74, 6) is 1.11. The van der Waals surface area contributed by atoms with Crippen molar-refractivity contribution in [3.63, 3.8) is 0 Å². The fraction of sp³-hybridized carbons (Fsp3) is 0.167. The summed E-state index contributed by atoms with van der Waals surface area (Å²) in [6.07, 6.45) is 1.13. The Morgan fingerprint density at radius 2 is 1.73 bits per heavy atom. The second kappa shape index (κ2) is 5.93. The standard InChI is InChI=1S/C18H17NO3/c1-12(22-17-10-6-5-9-16(17)21-2)18(20)14-11-19-15-8-4-3-7-13(14)15/h3-12,19H,1-2H3/t12-/m0/s1. The number of nitrogens with one attached hydrogen (secondary N) is 1. The van der Waals surface area contributed by atoms with Gasteiger partial charge < -0.3 is 14.5 Å². The van der Waals surface area contributed by atoms with Crippen molar-refractivity contribution in [2.24, 2.45) is 0 Å². The Morgan fingerprint density at radius 3 is 2.50 bits per heavy atom. The third-order valence-corrected chi connectivity index (χ3v) is 3.60. The third kappa shape index (κ3) is 2.55. The van der Waals surface area contributed by atoms with Gasteiger partial charge in [-0.2, -0.15) is 0 Å². The van der Waals surface area contributed by atoms with Gasteiger partial charge in [0.25, 0.3) is 0 Å². The number of benzene rings is 2. The summed E-state index contributed by atoms with van der Waals surface area (Å²) in [5, 5.41) is 0.906. The van der Waals surface area contributed by atoms with Crippen LogP contribution in [0.2, 0.25) is 0 Å². The Morgan fingerprint density at radius 1 is 1.05 bits per heavy atom. The first-order valence-electron chi connectivity index (χ1n) is 7.10. The van der Waals surface area contributed by atoms with Crippen LogP contribution in [0.15, 0.2) is 54.7 Å². The van der Waals surface area contributed by atoms with Crippen LogP contribution in [0.4, 0.5) is 0 Å². The van der Waals surface area contributed by atoms with E-state index in [0.29, 0.717) is 17.1 Å². The lowest BCUT2D eigenvalue weighted by atomic mass is 10.1. The van der Waals surface area contributed by atoms with Crippen LogP contribution in [-0.4, -0.2) is 24.0 Å². The van der Waals surface area contributed by atoms with E-state index in [-0.39, 0.29) is 5.78 Å². The maximum absolute atomic E-state index is 12.6. The number of carbonyl (C=O) groups is 1. The lowest BCUT2D eigenvalue weighted by molar-refractivity contribution is 0.0815. The normalized spacial score (nSPS) is 12.1. The summed E-state index contributed by atoms with van der Waals surface area (Å²) >= 11 is 0. The van der Waals surface area contributed by atoms with Gasteiger partial charge in [-0.25, -0.2) is 0 Å². The molecular formula is C18H17NO3. The molecule has 1 heterocycles. The number of Topliss-reactive ketones (excluding diaryl/α,β-unsaturated/α-hetero) is 1. The highest BCUT2D eigenvalue weighted by Crippen LogP contribution is 2.28. The minimum absolute atomic E-state index is 0.0663. The first-order chi connectivity index (χ1) is 10.7. The number of H-pyrrole nitrogens is 1. The van der Waals surface area contributed by atoms with Crippen molar-refractivity contribution in [3.8, 4) is 11.5 Å². The Balaban J connectivity index is 1.86. The molecule has 0 radical (unpaired) electrons. The van der Waals surface area contributed by atoms with Crippen LogP contribution >= 0.6 is 0 Å². The Hall–Kier alpha value is -2.75. The molecule has 0 bridgehead atoms. The quantitative estimate of drug-likeness (QED) is 0.728. The van der Waals surface area contributed by atoms with E-state index in [4.69, 9.17) is 9.47 Å². The van der Waals surface area contributed by atoms with Crippen molar-refractivity contribution in [1.82, 2.24) is 4.98 Å². The van der Waals surface area contributed by atoms with E-state index < -0.39 is 6.10 Å². The smallest absolute Gasteiger partial charge is 0.205 e. The van der Waals surface area contributed by atoms with Gasteiger partial charge in [0.2, 0.25) is 5.78 Å².